The average Bonchev–Trinajstić information content (AvgIpc) is 1.38. The van der Waals surface area contributed by atoms with E-state index in [1.807, 2.05) is 0 Å². The van der Waals surface area contributed by atoms with Crippen molar-refractivity contribution in [3.63, 3.8) is 0 Å². The molecule has 0 aromatic rings. The summed E-state index contributed by atoms with van der Waals surface area (Å²) < 4.78 is 68.5. The summed E-state index contributed by atoms with van der Waals surface area (Å²) in [7, 11) is -9.91. The van der Waals surface area contributed by atoms with Gasteiger partial charge in [0.25, 0.3) is 0 Å². The third-order valence-corrected chi connectivity index (χ3v) is 19.5. The molecule has 95 heavy (non-hydrogen) atoms. The number of ether oxygens (including phenoxy) is 4. The smallest absolute Gasteiger partial charge is 0.462 e. The van der Waals surface area contributed by atoms with Crippen molar-refractivity contribution >= 4 is 39.5 Å². The molecule has 0 aliphatic heterocycles. The zero-order valence-electron chi connectivity index (χ0n) is 62.3. The molecule has 0 heterocycles. The molecule has 0 saturated heterocycles. The Morgan fingerprint density at radius 1 is 0.263 bits per heavy atom. The van der Waals surface area contributed by atoms with Crippen molar-refractivity contribution in [3.05, 3.63) is 0 Å². The Hall–Kier alpha value is -1.94. The van der Waals surface area contributed by atoms with Gasteiger partial charge in [-0.1, -0.05) is 331 Å². The molecule has 0 aromatic carbocycles. The van der Waals surface area contributed by atoms with E-state index in [4.69, 9.17) is 37.0 Å². The fraction of sp³-hybridized carbons (Fsp3) is 0.947. The Kier molecular flexibility index (Phi) is 64.0. The van der Waals surface area contributed by atoms with E-state index in [2.05, 4.69) is 55.4 Å². The molecule has 0 fully saturated rings. The highest BCUT2D eigenvalue weighted by molar-refractivity contribution is 7.47. The van der Waals surface area contributed by atoms with Crippen molar-refractivity contribution in [2.45, 2.75) is 401 Å². The number of unbranched alkanes of at least 4 members (excludes halogenated alkanes) is 39. The number of carbonyl (C=O) groups is 4. The van der Waals surface area contributed by atoms with E-state index in [9.17, 15) is 43.2 Å². The maximum absolute atomic E-state index is 13.1. The number of aliphatic hydroxyl groups is 1. The molecular weight excluding hydrogens is 1250 g/mol. The van der Waals surface area contributed by atoms with Crippen LogP contribution in [0.15, 0.2) is 0 Å². The number of carbonyl (C=O) groups excluding carboxylic acids is 4. The van der Waals surface area contributed by atoms with Gasteiger partial charge in [0, 0.05) is 25.7 Å². The Balaban J connectivity index is 5.22. The summed E-state index contributed by atoms with van der Waals surface area (Å²) >= 11 is 0. The van der Waals surface area contributed by atoms with Gasteiger partial charge < -0.3 is 33.8 Å². The lowest BCUT2D eigenvalue weighted by atomic mass is 10.0. The zero-order valence-corrected chi connectivity index (χ0v) is 64.1. The van der Waals surface area contributed by atoms with E-state index in [1.54, 1.807) is 0 Å². The van der Waals surface area contributed by atoms with Crippen LogP contribution in [0.2, 0.25) is 0 Å². The lowest BCUT2D eigenvalue weighted by molar-refractivity contribution is -0.161. The summed E-state index contributed by atoms with van der Waals surface area (Å²) in [5, 5.41) is 10.6. The lowest BCUT2D eigenvalue weighted by Crippen LogP contribution is -2.30. The molecule has 0 aliphatic rings. The van der Waals surface area contributed by atoms with Crippen molar-refractivity contribution in [3.8, 4) is 0 Å². The highest BCUT2D eigenvalue weighted by Gasteiger charge is 2.30. The highest BCUT2D eigenvalue weighted by Crippen LogP contribution is 2.45. The van der Waals surface area contributed by atoms with Gasteiger partial charge in [-0.25, -0.2) is 9.13 Å². The van der Waals surface area contributed by atoms with Crippen LogP contribution in [0.1, 0.15) is 383 Å². The summed E-state index contributed by atoms with van der Waals surface area (Å²) in [6.07, 6.45) is 50.2. The maximum Gasteiger partial charge on any atom is 0.472 e. The topological polar surface area (TPSA) is 237 Å². The molecule has 0 saturated carbocycles. The van der Waals surface area contributed by atoms with Crippen LogP contribution in [0.25, 0.3) is 0 Å². The van der Waals surface area contributed by atoms with E-state index in [0.29, 0.717) is 31.6 Å². The molecule has 3 N–H and O–H groups in total. The van der Waals surface area contributed by atoms with E-state index < -0.39 is 97.5 Å². The van der Waals surface area contributed by atoms with Crippen LogP contribution in [0.4, 0.5) is 0 Å². The summed E-state index contributed by atoms with van der Waals surface area (Å²) in [6, 6.07) is 0. The van der Waals surface area contributed by atoms with Crippen LogP contribution in [0, 0.1) is 23.7 Å². The van der Waals surface area contributed by atoms with Gasteiger partial charge in [0.15, 0.2) is 12.2 Å². The van der Waals surface area contributed by atoms with Crippen LogP contribution in [0.3, 0.4) is 0 Å². The molecule has 2 unspecified atom stereocenters. The predicted octanol–water partition coefficient (Wildman–Crippen LogP) is 22.0. The number of esters is 4. The van der Waals surface area contributed by atoms with Gasteiger partial charge in [0.05, 0.1) is 26.4 Å². The van der Waals surface area contributed by atoms with Gasteiger partial charge in [0.1, 0.15) is 19.3 Å². The number of hydrogen-bond donors (Lipinski definition) is 3. The predicted molar refractivity (Wildman–Crippen MR) is 386 cm³/mol. The Morgan fingerprint density at radius 3 is 0.653 bits per heavy atom. The first-order valence-electron chi connectivity index (χ1n) is 39.2. The van der Waals surface area contributed by atoms with Gasteiger partial charge in [-0.15, -0.1) is 0 Å². The molecule has 564 valence electrons. The quantitative estimate of drug-likeness (QED) is 0.0222. The van der Waals surface area contributed by atoms with Gasteiger partial charge in [-0.3, -0.25) is 37.3 Å². The summed E-state index contributed by atoms with van der Waals surface area (Å²) in [5.41, 5.74) is 0. The second kappa shape index (κ2) is 65.4. The Labute approximate surface area is 581 Å². The summed E-state index contributed by atoms with van der Waals surface area (Å²) in [5.74, 6) is 0.874. The molecular formula is C76H148O17P2. The van der Waals surface area contributed by atoms with Crippen LogP contribution in [0.5, 0.6) is 0 Å². The standard InChI is InChI=1S/C76H148O17P2/c1-66(2)52-44-36-28-22-18-14-11-9-10-12-16-21-25-32-42-50-58-75(80)92-71(62-86-73(78)56-48-40-31-24-20-17-13-15-19-23-29-37-45-53-67(3)4)64-90-94(82,83)88-60-70(77)61-89-95(84,85)91-65-72(63-87-74(79)57-49-41-35-34-39-47-55-69(7)8)93-76(81)59-51-43-33-27-26-30-38-46-54-68(5)6/h66-72,77H,9-65H2,1-8H3,(H,82,83)(H,84,85)/t70-,71-,72-/m1/s1. The minimum Gasteiger partial charge on any atom is -0.462 e. The van der Waals surface area contributed by atoms with Crippen molar-refractivity contribution in [1.82, 2.24) is 0 Å². The second-order valence-electron chi connectivity index (χ2n) is 29.3. The number of rotatable bonds is 73. The Bertz CT molecular complexity index is 1870. The van der Waals surface area contributed by atoms with Gasteiger partial charge in [0.2, 0.25) is 0 Å². The molecule has 0 bridgehead atoms. The number of aliphatic hydroxyl groups excluding tert-OH is 1. The molecule has 5 atom stereocenters. The van der Waals surface area contributed by atoms with Crippen LogP contribution >= 0.6 is 15.6 Å². The number of phosphoric acid groups is 2. The van der Waals surface area contributed by atoms with Crippen molar-refractivity contribution in [2.24, 2.45) is 23.7 Å². The first-order chi connectivity index (χ1) is 45.6. The molecule has 0 radical (unpaired) electrons. The molecule has 19 heteroatoms. The first-order valence-corrected chi connectivity index (χ1v) is 42.2. The monoisotopic (exact) mass is 1400 g/mol. The zero-order chi connectivity index (χ0) is 70.3. The van der Waals surface area contributed by atoms with E-state index in [-0.39, 0.29) is 25.7 Å². The largest absolute Gasteiger partial charge is 0.472 e. The van der Waals surface area contributed by atoms with Crippen LogP contribution in [-0.4, -0.2) is 96.7 Å². The van der Waals surface area contributed by atoms with Gasteiger partial charge in [-0.05, 0) is 49.4 Å². The van der Waals surface area contributed by atoms with Gasteiger partial charge >= 0.3 is 39.5 Å². The molecule has 0 spiro atoms. The number of phosphoric ester groups is 2. The average molecular weight is 1400 g/mol. The van der Waals surface area contributed by atoms with Crippen molar-refractivity contribution < 1.29 is 80.2 Å². The normalized spacial score (nSPS) is 14.1. The summed E-state index contributed by atoms with van der Waals surface area (Å²) in [6.45, 7) is 14.1. The van der Waals surface area contributed by atoms with Crippen molar-refractivity contribution in [1.29, 1.82) is 0 Å². The minimum absolute atomic E-state index is 0.103. The van der Waals surface area contributed by atoms with Gasteiger partial charge in [-0.2, -0.15) is 0 Å². The third kappa shape index (κ3) is 70.3. The second-order valence-corrected chi connectivity index (χ2v) is 32.2. The molecule has 0 rings (SSSR count). The van der Waals surface area contributed by atoms with Crippen LogP contribution < -0.4 is 0 Å². The first kappa shape index (κ1) is 93.1. The molecule has 0 aliphatic carbocycles. The van der Waals surface area contributed by atoms with E-state index >= 15 is 0 Å². The molecule has 17 nitrogen and oxygen atoms in total. The number of hydrogen-bond acceptors (Lipinski definition) is 15. The van der Waals surface area contributed by atoms with E-state index in [1.165, 1.54) is 180 Å². The van der Waals surface area contributed by atoms with Crippen molar-refractivity contribution in [2.75, 3.05) is 39.6 Å². The SMILES string of the molecule is CC(C)CCCCCCCCCCCCCCCCCCC(=O)O[C@H](COC(=O)CCCCCCCCCCCCCCCC(C)C)COP(=O)(O)OC[C@@H](O)COP(=O)(O)OC[C@@H](COC(=O)CCCCCCCCC(C)C)OC(=O)CCCCCCCCCCC(C)C. The third-order valence-electron chi connectivity index (χ3n) is 17.6. The highest BCUT2D eigenvalue weighted by atomic mass is 31.2. The molecule has 0 aromatic heterocycles. The fourth-order valence-electron chi connectivity index (χ4n) is 11.6. The van der Waals surface area contributed by atoms with Crippen LogP contribution in [-0.2, 0) is 65.4 Å². The summed E-state index contributed by atoms with van der Waals surface area (Å²) in [4.78, 5) is 72.7. The fourth-order valence-corrected chi connectivity index (χ4v) is 13.1. The maximum atomic E-state index is 13.1. The van der Waals surface area contributed by atoms with E-state index in [0.717, 1.165) is 114 Å². The lowest BCUT2D eigenvalue weighted by Gasteiger charge is -2.21. The minimum atomic E-state index is -4.96. The molecule has 0 amide bonds. The Morgan fingerprint density at radius 2 is 0.442 bits per heavy atom.